The highest BCUT2D eigenvalue weighted by Gasteiger charge is 2.41. The summed E-state index contributed by atoms with van der Waals surface area (Å²) in [5, 5.41) is 1.68. The minimum atomic E-state index is -0.776. The second-order valence-electron chi connectivity index (χ2n) is 4.05. The van der Waals surface area contributed by atoms with Crippen molar-refractivity contribution in [3.05, 3.63) is 11.5 Å². The molecule has 2 aliphatic heterocycles. The third-order valence-electron chi connectivity index (χ3n) is 2.80. The van der Waals surface area contributed by atoms with Crippen LogP contribution < -0.4 is 0 Å². The summed E-state index contributed by atoms with van der Waals surface area (Å²) in [5.41, 5.74) is 0. The smallest absolute Gasteiger partial charge is 0.213 e. The highest BCUT2D eigenvalue weighted by Crippen LogP contribution is 2.45. The van der Waals surface area contributed by atoms with Gasteiger partial charge in [-0.3, -0.25) is 0 Å². The maximum absolute atomic E-state index is 6.32. The molecule has 0 spiro atoms. The van der Waals surface area contributed by atoms with E-state index in [1.807, 2.05) is 11.5 Å². The van der Waals surface area contributed by atoms with Crippen LogP contribution in [-0.4, -0.2) is 40.9 Å². The van der Waals surface area contributed by atoms with Gasteiger partial charge in [-0.25, -0.2) is 0 Å². The van der Waals surface area contributed by atoms with E-state index >= 15 is 0 Å². The normalized spacial score (nSPS) is 38.7. The van der Waals surface area contributed by atoms with Crippen LogP contribution in [0.4, 0.5) is 0 Å². The Balaban J connectivity index is 1.86. The zero-order valence-corrected chi connectivity index (χ0v) is 11.0. The van der Waals surface area contributed by atoms with E-state index in [2.05, 4.69) is 11.9 Å². The maximum Gasteiger partial charge on any atom is 0.213 e. The van der Waals surface area contributed by atoms with Crippen molar-refractivity contribution in [3.8, 4) is 0 Å². The van der Waals surface area contributed by atoms with Gasteiger partial charge < -0.3 is 9.64 Å². The minimum absolute atomic E-state index is 0.233. The summed E-state index contributed by atoms with van der Waals surface area (Å²) in [6.45, 7) is 2.14. The van der Waals surface area contributed by atoms with Crippen molar-refractivity contribution in [2.24, 2.45) is 0 Å². The summed E-state index contributed by atoms with van der Waals surface area (Å²) in [7, 11) is 2.13. The van der Waals surface area contributed by atoms with Gasteiger partial charge in [-0.1, -0.05) is 29.4 Å². The largest absolute Gasteiger partial charge is 0.345 e. The Morgan fingerprint density at radius 3 is 2.67 bits per heavy atom. The summed E-state index contributed by atoms with van der Waals surface area (Å²) in [6, 6.07) is 0. The van der Waals surface area contributed by atoms with Crippen molar-refractivity contribution in [1.29, 1.82) is 0 Å². The highest BCUT2D eigenvalue weighted by atomic mass is 35.5. The van der Waals surface area contributed by atoms with Gasteiger partial charge in [-0.05, 0) is 25.3 Å². The lowest BCUT2D eigenvalue weighted by Gasteiger charge is -2.34. The number of hydrogen-bond donors (Lipinski definition) is 0. The first-order chi connectivity index (χ1) is 7.10. The zero-order chi connectivity index (χ0) is 10.9. The standard InChI is InChI=1S/C10H15Cl2NOS/c1-13-5-2-8(3-6-13)14-10(12)9(11)4-7-15-10/h4,7-9H,2-3,5-6H2,1H3. The van der Waals surface area contributed by atoms with Gasteiger partial charge in [0.05, 0.1) is 6.10 Å². The quantitative estimate of drug-likeness (QED) is 0.714. The van der Waals surface area contributed by atoms with Gasteiger partial charge in [-0.15, -0.1) is 11.6 Å². The number of halogens is 2. The molecule has 15 heavy (non-hydrogen) atoms. The van der Waals surface area contributed by atoms with Crippen LogP contribution in [0, 0.1) is 0 Å². The van der Waals surface area contributed by atoms with E-state index in [1.54, 1.807) is 0 Å². The molecule has 0 saturated carbocycles. The molecule has 2 rings (SSSR count). The fraction of sp³-hybridized carbons (Fsp3) is 0.800. The Kier molecular flexibility index (Phi) is 3.89. The summed E-state index contributed by atoms with van der Waals surface area (Å²) in [6.07, 6.45) is 4.20. The lowest BCUT2D eigenvalue weighted by molar-refractivity contribution is -0.0167. The Bertz CT molecular complexity index is 256. The number of ether oxygens (including phenoxy) is 1. The van der Waals surface area contributed by atoms with Crippen LogP contribution in [0.25, 0.3) is 0 Å². The highest BCUT2D eigenvalue weighted by molar-refractivity contribution is 8.04. The SMILES string of the molecule is CN1CCC(OC2(Cl)SC=CC2Cl)CC1. The molecule has 1 fully saturated rings. The van der Waals surface area contributed by atoms with Crippen LogP contribution >= 0.6 is 35.0 Å². The molecule has 1 saturated heterocycles. The van der Waals surface area contributed by atoms with Crippen molar-refractivity contribution >= 4 is 35.0 Å². The predicted molar refractivity (Wildman–Crippen MR) is 66.6 cm³/mol. The van der Waals surface area contributed by atoms with Crippen molar-refractivity contribution in [1.82, 2.24) is 4.90 Å². The number of hydrogen-bond acceptors (Lipinski definition) is 3. The molecule has 0 aliphatic carbocycles. The van der Waals surface area contributed by atoms with E-state index in [9.17, 15) is 0 Å². The second-order valence-corrected chi connectivity index (χ2v) is 6.42. The lowest BCUT2D eigenvalue weighted by atomic mass is 10.1. The molecule has 0 aromatic heterocycles. The number of alkyl halides is 2. The third kappa shape index (κ3) is 2.83. The Morgan fingerprint density at radius 2 is 2.13 bits per heavy atom. The van der Waals surface area contributed by atoms with Gasteiger partial charge >= 0.3 is 0 Å². The van der Waals surface area contributed by atoms with Crippen LogP contribution in [0.1, 0.15) is 12.8 Å². The number of rotatable bonds is 2. The van der Waals surface area contributed by atoms with Crippen molar-refractivity contribution in [2.75, 3.05) is 20.1 Å². The average molecular weight is 268 g/mol. The van der Waals surface area contributed by atoms with Gasteiger partial charge in [0, 0.05) is 13.1 Å². The number of thioether (sulfide) groups is 1. The molecular weight excluding hydrogens is 253 g/mol. The maximum atomic E-state index is 6.32. The average Bonchev–Trinajstić information content (AvgIpc) is 2.51. The Labute approximate surface area is 105 Å². The summed E-state index contributed by atoms with van der Waals surface area (Å²) in [4.78, 5) is 2.30. The predicted octanol–water partition coefficient (Wildman–Crippen LogP) is 2.86. The molecule has 0 radical (unpaired) electrons. The van der Waals surface area contributed by atoms with Crippen molar-refractivity contribution < 1.29 is 4.74 Å². The molecule has 2 heterocycles. The molecule has 86 valence electrons. The number of nitrogens with zero attached hydrogens (tertiary/aromatic N) is 1. The molecule has 2 aliphatic rings. The van der Waals surface area contributed by atoms with Crippen LogP contribution in [0.3, 0.4) is 0 Å². The van der Waals surface area contributed by atoms with E-state index in [4.69, 9.17) is 27.9 Å². The summed E-state index contributed by atoms with van der Waals surface area (Å²) < 4.78 is 5.13. The van der Waals surface area contributed by atoms with E-state index in [0.29, 0.717) is 0 Å². The Hall–Kier alpha value is 0.590. The van der Waals surface area contributed by atoms with E-state index in [-0.39, 0.29) is 11.5 Å². The molecule has 0 amide bonds. The van der Waals surface area contributed by atoms with Gasteiger partial charge in [0.1, 0.15) is 5.38 Å². The van der Waals surface area contributed by atoms with E-state index in [0.717, 1.165) is 25.9 Å². The molecule has 0 aromatic carbocycles. The first kappa shape index (κ1) is 12.1. The minimum Gasteiger partial charge on any atom is -0.345 e. The molecule has 2 unspecified atom stereocenters. The van der Waals surface area contributed by atoms with Crippen LogP contribution in [0.15, 0.2) is 11.5 Å². The third-order valence-corrected chi connectivity index (χ3v) is 5.05. The molecule has 2 nitrogen and oxygen atoms in total. The lowest BCUT2D eigenvalue weighted by Crippen LogP contribution is -2.40. The van der Waals surface area contributed by atoms with Gasteiger partial charge in [0.25, 0.3) is 0 Å². The van der Waals surface area contributed by atoms with E-state index in [1.165, 1.54) is 11.8 Å². The van der Waals surface area contributed by atoms with Gasteiger partial charge in [0.2, 0.25) is 4.39 Å². The fourth-order valence-corrected chi connectivity index (χ4v) is 3.34. The second kappa shape index (κ2) is 4.84. The molecule has 0 N–H and O–H groups in total. The topological polar surface area (TPSA) is 12.5 Å². The molecule has 5 heteroatoms. The Morgan fingerprint density at radius 1 is 1.47 bits per heavy atom. The molecular formula is C10H15Cl2NOS. The van der Waals surface area contributed by atoms with Crippen LogP contribution in [0.2, 0.25) is 0 Å². The summed E-state index contributed by atoms with van der Waals surface area (Å²) >= 11 is 13.9. The molecule has 0 bridgehead atoms. The number of piperidine rings is 1. The monoisotopic (exact) mass is 267 g/mol. The van der Waals surface area contributed by atoms with Crippen molar-refractivity contribution in [3.63, 3.8) is 0 Å². The van der Waals surface area contributed by atoms with Gasteiger partial charge in [0.15, 0.2) is 0 Å². The molecule has 2 atom stereocenters. The zero-order valence-electron chi connectivity index (χ0n) is 8.66. The van der Waals surface area contributed by atoms with Crippen LogP contribution in [0.5, 0.6) is 0 Å². The van der Waals surface area contributed by atoms with Gasteiger partial charge in [-0.2, -0.15) is 0 Å². The first-order valence-corrected chi connectivity index (χ1v) is 6.83. The number of likely N-dealkylation sites (tertiary alicyclic amines) is 1. The van der Waals surface area contributed by atoms with Crippen molar-refractivity contribution in [2.45, 2.75) is 28.7 Å². The van der Waals surface area contributed by atoms with Crippen LogP contribution in [-0.2, 0) is 4.74 Å². The summed E-state index contributed by atoms with van der Waals surface area (Å²) in [5.74, 6) is 0. The molecule has 0 aromatic rings. The first-order valence-electron chi connectivity index (χ1n) is 5.14. The van der Waals surface area contributed by atoms with E-state index < -0.39 is 4.39 Å². The fourth-order valence-electron chi connectivity index (χ4n) is 1.80.